The van der Waals surface area contributed by atoms with Gasteiger partial charge in [0.1, 0.15) is 18.9 Å². The molecule has 2 rings (SSSR count). The Balaban J connectivity index is 1.73. The highest BCUT2D eigenvalue weighted by molar-refractivity contribution is 5.95. The number of rotatable bonds is 7. The van der Waals surface area contributed by atoms with Gasteiger partial charge in [-0.15, -0.1) is 0 Å². The minimum Gasteiger partial charge on any atom is -0.460 e. The molecule has 24 heavy (non-hydrogen) atoms. The summed E-state index contributed by atoms with van der Waals surface area (Å²) in [5.74, 6) is 0.261. The molecule has 1 aromatic carbocycles. The minimum atomic E-state index is -0.479. The van der Waals surface area contributed by atoms with Crippen molar-refractivity contribution < 1.29 is 14.5 Å². The Morgan fingerprint density at radius 3 is 2.75 bits per heavy atom. The van der Waals surface area contributed by atoms with Gasteiger partial charge in [-0.2, -0.15) is 0 Å². The monoisotopic (exact) mass is 334 g/mol. The van der Waals surface area contributed by atoms with Gasteiger partial charge >= 0.3 is 5.97 Å². The van der Waals surface area contributed by atoms with Crippen molar-refractivity contribution in [3.8, 4) is 0 Å². The number of nitro groups is 1. The third-order valence-electron chi connectivity index (χ3n) is 4.01. The molecule has 2 N–H and O–H groups in total. The van der Waals surface area contributed by atoms with Crippen molar-refractivity contribution >= 4 is 17.5 Å². The Morgan fingerprint density at radius 2 is 2.17 bits per heavy atom. The van der Waals surface area contributed by atoms with Gasteiger partial charge in [0, 0.05) is 25.7 Å². The van der Waals surface area contributed by atoms with Crippen LogP contribution in [-0.2, 0) is 16.1 Å². The number of hydrogen-bond donors (Lipinski definition) is 2. The molecule has 1 heterocycles. The molecular formula is C16H22N4O4. The number of ether oxygens (including phenoxy) is 1. The molecule has 0 amide bonds. The third kappa shape index (κ3) is 5.31. The predicted octanol–water partition coefficient (Wildman–Crippen LogP) is 1.55. The van der Waals surface area contributed by atoms with E-state index in [0.717, 1.165) is 26.1 Å². The van der Waals surface area contributed by atoms with Crippen LogP contribution in [0.5, 0.6) is 0 Å². The van der Waals surface area contributed by atoms with Crippen LogP contribution in [-0.4, -0.2) is 48.3 Å². The molecule has 8 heteroatoms. The maximum Gasteiger partial charge on any atom is 0.313 e. The molecule has 130 valence electrons. The normalized spacial score (nSPS) is 16.6. The lowest BCUT2D eigenvalue weighted by Gasteiger charge is -2.22. The summed E-state index contributed by atoms with van der Waals surface area (Å²) in [5, 5.41) is 21.8. The second kappa shape index (κ2) is 8.39. The highest BCUT2D eigenvalue weighted by atomic mass is 16.6. The summed E-state index contributed by atoms with van der Waals surface area (Å²) in [6.07, 6.45) is 1.01. The summed E-state index contributed by atoms with van der Waals surface area (Å²) in [6.45, 7) is 2.74. The maximum atomic E-state index is 11.8. The number of nitro benzene ring substituents is 1. The smallest absolute Gasteiger partial charge is 0.313 e. The number of nitrogens with zero attached hydrogens (tertiary/aromatic N) is 2. The van der Waals surface area contributed by atoms with Crippen LogP contribution in [0.25, 0.3) is 0 Å². The highest BCUT2D eigenvalue weighted by Crippen LogP contribution is 2.13. The van der Waals surface area contributed by atoms with Gasteiger partial charge in [0.25, 0.3) is 5.69 Å². The molecule has 0 spiro atoms. The zero-order valence-corrected chi connectivity index (χ0v) is 13.7. The lowest BCUT2D eigenvalue weighted by molar-refractivity contribution is -0.384. The number of amidine groups is 1. The van der Waals surface area contributed by atoms with Crippen molar-refractivity contribution in [2.45, 2.75) is 19.4 Å². The molecular weight excluding hydrogens is 312 g/mol. The van der Waals surface area contributed by atoms with Crippen LogP contribution >= 0.6 is 0 Å². The average Bonchev–Trinajstić information content (AvgIpc) is 3.06. The second-order valence-corrected chi connectivity index (χ2v) is 5.95. The Bertz CT molecular complexity index is 597. The molecule has 0 saturated carbocycles. The van der Waals surface area contributed by atoms with Crippen LogP contribution in [0, 0.1) is 21.4 Å². The van der Waals surface area contributed by atoms with Crippen molar-refractivity contribution in [3.63, 3.8) is 0 Å². The average molecular weight is 334 g/mol. The lowest BCUT2D eigenvalue weighted by Crippen LogP contribution is -2.33. The number of hydrogen-bond acceptors (Lipinski definition) is 6. The number of non-ortho nitro benzene ring substituents is 1. The van der Waals surface area contributed by atoms with Gasteiger partial charge in [0.2, 0.25) is 0 Å². The van der Waals surface area contributed by atoms with Crippen LogP contribution < -0.4 is 5.32 Å². The van der Waals surface area contributed by atoms with Crippen LogP contribution in [0.1, 0.15) is 18.4 Å². The zero-order chi connectivity index (χ0) is 17.5. The van der Waals surface area contributed by atoms with Crippen LogP contribution in [0.15, 0.2) is 24.3 Å². The molecule has 0 unspecified atom stereocenters. The van der Waals surface area contributed by atoms with Crippen molar-refractivity contribution in [1.82, 2.24) is 10.2 Å². The largest absolute Gasteiger partial charge is 0.460 e. The molecule has 0 aliphatic carbocycles. The summed E-state index contributed by atoms with van der Waals surface area (Å²) in [6, 6.07) is 5.84. The van der Waals surface area contributed by atoms with E-state index in [4.69, 9.17) is 10.1 Å². The molecule has 0 bridgehead atoms. The summed E-state index contributed by atoms with van der Waals surface area (Å²) in [5.41, 5.74) is 0.667. The number of carbonyl (C=O) groups is 1. The fraction of sp³-hybridized carbons (Fsp3) is 0.500. The molecule has 1 aromatic rings. The molecule has 8 nitrogen and oxygen atoms in total. The van der Waals surface area contributed by atoms with Gasteiger partial charge in [0.15, 0.2) is 0 Å². The van der Waals surface area contributed by atoms with Gasteiger partial charge in [-0.1, -0.05) is 0 Å². The molecule has 1 saturated heterocycles. The Hall–Kier alpha value is -2.48. The Morgan fingerprint density at radius 1 is 1.46 bits per heavy atom. The SMILES string of the molecule is CN(C[C@H]1CCNC1)C(=N)CC(=O)OCc1ccc([N+](=O)[O-])cc1. The third-order valence-corrected chi connectivity index (χ3v) is 4.01. The van der Waals surface area contributed by atoms with E-state index in [-0.39, 0.29) is 24.6 Å². The van der Waals surface area contributed by atoms with E-state index in [1.165, 1.54) is 12.1 Å². The number of nitrogens with one attached hydrogen (secondary N) is 2. The summed E-state index contributed by atoms with van der Waals surface area (Å²) < 4.78 is 5.13. The first kappa shape index (κ1) is 17.9. The first-order valence-electron chi connectivity index (χ1n) is 7.84. The number of esters is 1. The zero-order valence-electron chi connectivity index (χ0n) is 13.7. The topological polar surface area (TPSA) is 109 Å². The van der Waals surface area contributed by atoms with Crippen LogP contribution in [0.4, 0.5) is 5.69 Å². The van der Waals surface area contributed by atoms with Crippen LogP contribution in [0.3, 0.4) is 0 Å². The van der Waals surface area contributed by atoms with Gasteiger partial charge in [-0.25, -0.2) is 0 Å². The number of carbonyl (C=O) groups excluding carboxylic acids is 1. The Kier molecular flexibility index (Phi) is 6.25. The number of benzene rings is 1. The van der Waals surface area contributed by atoms with Crippen molar-refractivity contribution in [3.05, 3.63) is 39.9 Å². The first-order chi connectivity index (χ1) is 11.5. The quantitative estimate of drug-likeness (QED) is 0.257. The van der Waals surface area contributed by atoms with Gasteiger partial charge in [-0.3, -0.25) is 20.3 Å². The molecule has 1 fully saturated rings. The molecule has 0 radical (unpaired) electrons. The first-order valence-corrected chi connectivity index (χ1v) is 7.84. The fourth-order valence-electron chi connectivity index (χ4n) is 2.57. The van der Waals surface area contributed by atoms with E-state index >= 15 is 0 Å². The van der Waals surface area contributed by atoms with E-state index in [0.29, 0.717) is 11.5 Å². The lowest BCUT2D eigenvalue weighted by atomic mass is 10.1. The van der Waals surface area contributed by atoms with E-state index in [9.17, 15) is 14.9 Å². The molecule has 0 aromatic heterocycles. The highest BCUT2D eigenvalue weighted by Gasteiger charge is 2.19. The summed E-state index contributed by atoms with van der Waals surface area (Å²) in [4.78, 5) is 23.7. The standard InChI is InChI=1S/C16H22N4O4/c1-19(10-13-6-7-18-9-13)15(17)8-16(21)24-11-12-2-4-14(5-3-12)20(22)23/h2-5,13,17-18H,6-11H2,1H3/t13-/m0/s1. The van der Waals surface area contributed by atoms with E-state index in [1.54, 1.807) is 17.0 Å². The maximum absolute atomic E-state index is 11.8. The van der Waals surface area contributed by atoms with Gasteiger partial charge < -0.3 is 15.0 Å². The Labute approximate surface area is 140 Å². The van der Waals surface area contributed by atoms with Gasteiger partial charge in [-0.05, 0) is 43.1 Å². The van der Waals surface area contributed by atoms with E-state index < -0.39 is 10.9 Å². The summed E-state index contributed by atoms with van der Waals surface area (Å²) in [7, 11) is 1.81. The molecule has 1 atom stereocenters. The van der Waals surface area contributed by atoms with Crippen molar-refractivity contribution in [2.24, 2.45) is 5.92 Å². The van der Waals surface area contributed by atoms with E-state index in [2.05, 4.69) is 5.32 Å². The van der Waals surface area contributed by atoms with Crippen molar-refractivity contribution in [2.75, 3.05) is 26.7 Å². The second-order valence-electron chi connectivity index (χ2n) is 5.95. The molecule has 1 aliphatic rings. The predicted molar refractivity (Wildman–Crippen MR) is 88.8 cm³/mol. The van der Waals surface area contributed by atoms with Crippen molar-refractivity contribution in [1.29, 1.82) is 5.41 Å². The van der Waals surface area contributed by atoms with Crippen LogP contribution in [0.2, 0.25) is 0 Å². The minimum absolute atomic E-state index is 0.00474. The van der Waals surface area contributed by atoms with Gasteiger partial charge in [0.05, 0.1) is 4.92 Å². The molecule has 1 aliphatic heterocycles. The summed E-state index contributed by atoms with van der Waals surface area (Å²) >= 11 is 0. The van der Waals surface area contributed by atoms with E-state index in [1.807, 2.05) is 7.05 Å². The fourth-order valence-corrected chi connectivity index (χ4v) is 2.57.